The SMILES string of the molecule is CC.CCCCCN1CCCC1C.O=CO. The Morgan fingerprint density at radius 1 is 1.38 bits per heavy atom. The number of carbonyl (C=O) groups is 1. The fraction of sp³-hybridized carbons (Fsp3) is 0.923. The van der Waals surface area contributed by atoms with Crippen LogP contribution in [0.25, 0.3) is 0 Å². The van der Waals surface area contributed by atoms with Crippen molar-refractivity contribution in [1.29, 1.82) is 0 Å². The summed E-state index contributed by atoms with van der Waals surface area (Å²) in [4.78, 5) is 11.0. The van der Waals surface area contributed by atoms with Crippen LogP contribution in [-0.2, 0) is 4.79 Å². The van der Waals surface area contributed by atoms with Crippen molar-refractivity contribution in [1.82, 2.24) is 4.90 Å². The normalized spacial score (nSPS) is 19.1. The monoisotopic (exact) mass is 231 g/mol. The predicted octanol–water partition coefficient (Wildman–Crippen LogP) is 3.39. The lowest BCUT2D eigenvalue weighted by Gasteiger charge is -2.20. The third-order valence-electron chi connectivity index (χ3n) is 2.74. The molecule has 1 atom stereocenters. The first kappa shape index (κ1) is 17.8. The minimum atomic E-state index is -0.250. The number of likely N-dealkylation sites (tertiary alicyclic amines) is 1. The van der Waals surface area contributed by atoms with E-state index in [0.29, 0.717) is 0 Å². The van der Waals surface area contributed by atoms with Gasteiger partial charge in [-0.2, -0.15) is 0 Å². The van der Waals surface area contributed by atoms with Gasteiger partial charge in [-0.1, -0.05) is 33.6 Å². The molecule has 1 N–H and O–H groups in total. The van der Waals surface area contributed by atoms with E-state index in [1.165, 1.54) is 45.2 Å². The van der Waals surface area contributed by atoms with Crippen LogP contribution in [0.2, 0.25) is 0 Å². The summed E-state index contributed by atoms with van der Waals surface area (Å²) >= 11 is 0. The van der Waals surface area contributed by atoms with Crippen LogP contribution in [0.15, 0.2) is 0 Å². The van der Waals surface area contributed by atoms with Gasteiger partial charge in [0, 0.05) is 6.04 Å². The summed E-state index contributed by atoms with van der Waals surface area (Å²) in [7, 11) is 0. The van der Waals surface area contributed by atoms with E-state index in [-0.39, 0.29) is 6.47 Å². The third kappa shape index (κ3) is 9.97. The maximum atomic E-state index is 8.36. The zero-order valence-electron chi connectivity index (χ0n) is 11.4. The van der Waals surface area contributed by atoms with Gasteiger partial charge in [-0.05, 0) is 39.3 Å². The molecule has 0 amide bonds. The molecule has 3 heteroatoms. The van der Waals surface area contributed by atoms with Gasteiger partial charge < -0.3 is 10.0 Å². The molecule has 1 heterocycles. The minimum absolute atomic E-state index is 0.250. The molecule has 0 radical (unpaired) electrons. The standard InChI is InChI=1S/C10H21N.C2H6.CH2O2/c1-3-4-5-8-11-9-6-7-10(11)2;1-2;2-1-3/h10H,3-9H2,1-2H3;1-2H3;1H,(H,2,3). The summed E-state index contributed by atoms with van der Waals surface area (Å²) in [5.41, 5.74) is 0. The third-order valence-corrected chi connectivity index (χ3v) is 2.74. The molecular formula is C13H29NO2. The highest BCUT2D eigenvalue weighted by Crippen LogP contribution is 2.16. The Labute approximate surface area is 101 Å². The van der Waals surface area contributed by atoms with E-state index in [1.54, 1.807) is 0 Å². The van der Waals surface area contributed by atoms with Crippen molar-refractivity contribution in [2.45, 2.75) is 65.8 Å². The van der Waals surface area contributed by atoms with Gasteiger partial charge in [0.1, 0.15) is 0 Å². The van der Waals surface area contributed by atoms with Crippen LogP contribution in [-0.4, -0.2) is 35.6 Å². The van der Waals surface area contributed by atoms with Gasteiger partial charge in [0.2, 0.25) is 0 Å². The van der Waals surface area contributed by atoms with E-state index in [0.717, 1.165) is 6.04 Å². The molecule has 1 fully saturated rings. The van der Waals surface area contributed by atoms with E-state index in [9.17, 15) is 0 Å². The average Bonchev–Trinajstić information content (AvgIpc) is 2.69. The minimum Gasteiger partial charge on any atom is -0.483 e. The van der Waals surface area contributed by atoms with Crippen molar-refractivity contribution in [3.63, 3.8) is 0 Å². The highest BCUT2D eigenvalue weighted by Gasteiger charge is 2.18. The van der Waals surface area contributed by atoms with Gasteiger partial charge in [-0.3, -0.25) is 4.79 Å². The molecule has 1 saturated heterocycles. The van der Waals surface area contributed by atoms with Gasteiger partial charge in [-0.15, -0.1) is 0 Å². The number of carboxylic acid groups (broad SMARTS) is 1. The number of unbranched alkanes of at least 4 members (excludes halogenated alkanes) is 2. The van der Waals surface area contributed by atoms with Crippen LogP contribution in [0.3, 0.4) is 0 Å². The zero-order valence-corrected chi connectivity index (χ0v) is 11.4. The quantitative estimate of drug-likeness (QED) is 0.595. The molecule has 0 bridgehead atoms. The topological polar surface area (TPSA) is 40.5 Å². The summed E-state index contributed by atoms with van der Waals surface area (Å²) in [6.07, 6.45) is 7.01. The van der Waals surface area contributed by atoms with Crippen molar-refractivity contribution < 1.29 is 9.90 Å². The van der Waals surface area contributed by atoms with Crippen molar-refractivity contribution in [3.8, 4) is 0 Å². The van der Waals surface area contributed by atoms with Crippen molar-refractivity contribution >= 4 is 6.47 Å². The molecule has 0 aromatic carbocycles. The Bertz CT molecular complexity index is 140. The van der Waals surface area contributed by atoms with Crippen LogP contribution in [0.1, 0.15) is 59.8 Å². The lowest BCUT2D eigenvalue weighted by molar-refractivity contribution is -0.122. The molecule has 3 nitrogen and oxygen atoms in total. The van der Waals surface area contributed by atoms with E-state index in [2.05, 4.69) is 18.7 Å². The van der Waals surface area contributed by atoms with Crippen molar-refractivity contribution in [2.24, 2.45) is 0 Å². The number of hydrogen-bond donors (Lipinski definition) is 1. The Morgan fingerprint density at radius 3 is 2.31 bits per heavy atom. The Morgan fingerprint density at radius 2 is 1.94 bits per heavy atom. The first-order valence-electron chi connectivity index (χ1n) is 6.58. The van der Waals surface area contributed by atoms with E-state index in [4.69, 9.17) is 9.90 Å². The van der Waals surface area contributed by atoms with Crippen molar-refractivity contribution in [3.05, 3.63) is 0 Å². The van der Waals surface area contributed by atoms with Crippen LogP contribution in [0.4, 0.5) is 0 Å². The van der Waals surface area contributed by atoms with E-state index in [1.807, 2.05) is 13.8 Å². The first-order chi connectivity index (χ1) is 7.76. The van der Waals surface area contributed by atoms with Gasteiger partial charge in [0.25, 0.3) is 6.47 Å². The molecular weight excluding hydrogens is 202 g/mol. The average molecular weight is 231 g/mol. The fourth-order valence-electron chi connectivity index (χ4n) is 1.89. The lowest BCUT2D eigenvalue weighted by atomic mass is 10.2. The smallest absolute Gasteiger partial charge is 0.290 e. The van der Waals surface area contributed by atoms with Crippen LogP contribution in [0, 0.1) is 0 Å². The molecule has 1 unspecified atom stereocenters. The molecule has 0 aliphatic carbocycles. The molecule has 0 aromatic rings. The Balaban J connectivity index is 0. The summed E-state index contributed by atoms with van der Waals surface area (Å²) in [5.74, 6) is 0. The Hall–Kier alpha value is -0.570. The second kappa shape index (κ2) is 14.4. The maximum absolute atomic E-state index is 8.36. The number of rotatable bonds is 4. The van der Waals surface area contributed by atoms with Crippen molar-refractivity contribution in [2.75, 3.05) is 13.1 Å². The number of nitrogens with zero attached hydrogens (tertiary/aromatic N) is 1. The zero-order chi connectivity index (χ0) is 12.8. The van der Waals surface area contributed by atoms with Gasteiger partial charge in [-0.25, -0.2) is 0 Å². The fourth-order valence-corrected chi connectivity index (χ4v) is 1.89. The second-order valence-electron chi connectivity index (χ2n) is 3.84. The molecule has 0 saturated carbocycles. The van der Waals surface area contributed by atoms with Crippen LogP contribution < -0.4 is 0 Å². The predicted molar refractivity (Wildman–Crippen MR) is 69.8 cm³/mol. The van der Waals surface area contributed by atoms with Gasteiger partial charge in [0.15, 0.2) is 0 Å². The van der Waals surface area contributed by atoms with Gasteiger partial charge >= 0.3 is 0 Å². The molecule has 16 heavy (non-hydrogen) atoms. The van der Waals surface area contributed by atoms with Gasteiger partial charge in [0.05, 0.1) is 0 Å². The maximum Gasteiger partial charge on any atom is 0.290 e. The number of hydrogen-bond acceptors (Lipinski definition) is 2. The highest BCUT2D eigenvalue weighted by molar-refractivity contribution is 5.32. The van der Waals surface area contributed by atoms with Crippen LogP contribution in [0.5, 0.6) is 0 Å². The summed E-state index contributed by atoms with van der Waals surface area (Å²) in [6.45, 7) is 11.1. The molecule has 98 valence electrons. The van der Waals surface area contributed by atoms with E-state index >= 15 is 0 Å². The summed E-state index contributed by atoms with van der Waals surface area (Å²) in [5, 5.41) is 6.89. The molecule has 0 aromatic heterocycles. The highest BCUT2D eigenvalue weighted by atomic mass is 16.3. The Kier molecular flexibility index (Phi) is 16.1. The first-order valence-corrected chi connectivity index (χ1v) is 6.58. The molecule has 1 aliphatic heterocycles. The lowest BCUT2D eigenvalue weighted by Crippen LogP contribution is -2.27. The van der Waals surface area contributed by atoms with Crippen LogP contribution >= 0.6 is 0 Å². The molecule has 1 aliphatic rings. The largest absolute Gasteiger partial charge is 0.483 e. The molecule has 0 spiro atoms. The second-order valence-corrected chi connectivity index (χ2v) is 3.84. The summed E-state index contributed by atoms with van der Waals surface area (Å²) < 4.78 is 0. The summed E-state index contributed by atoms with van der Waals surface area (Å²) in [6, 6.07) is 0.867. The molecule has 1 rings (SSSR count). The van der Waals surface area contributed by atoms with E-state index < -0.39 is 0 Å².